The highest BCUT2D eigenvalue weighted by atomic mass is 35.5. The van der Waals surface area contributed by atoms with Crippen LogP contribution in [0.1, 0.15) is 87.5 Å². The van der Waals surface area contributed by atoms with Crippen molar-refractivity contribution in [3.05, 3.63) is 88.3 Å². The first-order chi connectivity index (χ1) is 16.7. The Morgan fingerprint density at radius 3 is 2.66 bits per heavy atom. The van der Waals surface area contributed by atoms with Crippen LogP contribution in [0.4, 0.5) is 0 Å². The van der Waals surface area contributed by atoms with Crippen LogP contribution in [0.5, 0.6) is 0 Å². The van der Waals surface area contributed by atoms with Gasteiger partial charge in [0, 0.05) is 58.8 Å². The van der Waals surface area contributed by atoms with E-state index >= 15 is 0 Å². The molecular weight excluding hydrogens is 448 g/mol. The summed E-state index contributed by atoms with van der Waals surface area (Å²) in [6, 6.07) is 5.51. The van der Waals surface area contributed by atoms with Gasteiger partial charge in [-0.2, -0.15) is 0 Å². The lowest BCUT2D eigenvalue weighted by Gasteiger charge is -2.47. The summed E-state index contributed by atoms with van der Waals surface area (Å²) in [6.07, 6.45) is 14.1. The fourth-order valence-electron chi connectivity index (χ4n) is 7.05. The summed E-state index contributed by atoms with van der Waals surface area (Å²) >= 11 is 6.39. The van der Waals surface area contributed by atoms with Crippen molar-refractivity contribution in [3.8, 4) is 0 Å². The van der Waals surface area contributed by atoms with Crippen molar-refractivity contribution in [2.45, 2.75) is 84.1 Å². The molecule has 2 atom stereocenters. The molecule has 1 aromatic carbocycles. The highest BCUT2D eigenvalue weighted by Gasteiger charge is 2.50. The van der Waals surface area contributed by atoms with Gasteiger partial charge in [-0.3, -0.25) is 0 Å². The molecule has 0 radical (unpaired) electrons. The summed E-state index contributed by atoms with van der Waals surface area (Å²) < 4.78 is 0. The van der Waals surface area contributed by atoms with Crippen molar-refractivity contribution in [2.75, 3.05) is 13.1 Å². The van der Waals surface area contributed by atoms with E-state index in [1.807, 2.05) is 0 Å². The Balaban J connectivity index is 1.47. The van der Waals surface area contributed by atoms with Crippen LogP contribution in [0.3, 0.4) is 0 Å². The van der Waals surface area contributed by atoms with E-state index in [1.165, 1.54) is 74.0 Å². The highest BCUT2D eigenvalue weighted by Crippen LogP contribution is 2.57. The van der Waals surface area contributed by atoms with E-state index in [2.05, 4.69) is 74.7 Å². The van der Waals surface area contributed by atoms with E-state index in [0.29, 0.717) is 17.0 Å². The van der Waals surface area contributed by atoms with Crippen molar-refractivity contribution >= 4 is 17.3 Å². The van der Waals surface area contributed by atoms with E-state index < -0.39 is 0 Å². The lowest BCUT2D eigenvalue weighted by Crippen LogP contribution is -2.45. The highest BCUT2D eigenvalue weighted by molar-refractivity contribution is 6.32. The fraction of sp³-hybridized carbons (Fsp3) is 0.500. The Morgan fingerprint density at radius 2 is 1.97 bits per heavy atom. The summed E-state index contributed by atoms with van der Waals surface area (Å²) in [5, 5.41) is 0.575. The smallest absolute Gasteiger partial charge is 0.0491 e. The second-order valence-corrected chi connectivity index (χ2v) is 12.1. The third-order valence-electron chi connectivity index (χ3n) is 8.97. The maximum Gasteiger partial charge on any atom is 0.0491 e. The number of rotatable bonds is 7. The molecule has 0 N–H and O–H groups in total. The van der Waals surface area contributed by atoms with Gasteiger partial charge in [0.1, 0.15) is 0 Å². The Morgan fingerprint density at radius 1 is 1.17 bits per heavy atom. The molecule has 3 aliphatic heterocycles. The first-order valence-corrected chi connectivity index (χ1v) is 13.9. The van der Waals surface area contributed by atoms with Crippen LogP contribution in [-0.2, 0) is 12.8 Å². The molecule has 1 saturated heterocycles. The zero-order chi connectivity index (χ0) is 24.9. The van der Waals surface area contributed by atoms with Gasteiger partial charge in [-0.1, -0.05) is 58.2 Å². The van der Waals surface area contributed by atoms with Crippen molar-refractivity contribution in [1.82, 2.24) is 9.80 Å². The molecule has 0 aromatic heterocycles. The van der Waals surface area contributed by atoms with E-state index in [-0.39, 0.29) is 5.41 Å². The number of benzene rings is 1. The van der Waals surface area contributed by atoms with Gasteiger partial charge in [-0.25, -0.2) is 0 Å². The molecule has 0 amide bonds. The number of fused-ring (bicyclic) bond motifs is 6. The molecule has 1 aliphatic carbocycles. The number of aryl methyl sites for hydroxylation is 2. The van der Waals surface area contributed by atoms with Gasteiger partial charge in [0.2, 0.25) is 0 Å². The number of halogens is 1. The molecule has 186 valence electrons. The minimum absolute atomic E-state index is 0.233. The summed E-state index contributed by atoms with van der Waals surface area (Å²) in [7, 11) is 0. The van der Waals surface area contributed by atoms with Crippen molar-refractivity contribution < 1.29 is 0 Å². The van der Waals surface area contributed by atoms with Crippen LogP contribution >= 0.6 is 11.6 Å². The van der Waals surface area contributed by atoms with E-state index in [4.69, 9.17) is 11.6 Å². The molecule has 2 nitrogen and oxygen atoms in total. The maximum atomic E-state index is 6.39. The van der Waals surface area contributed by atoms with Gasteiger partial charge in [0.15, 0.2) is 0 Å². The Labute approximate surface area is 217 Å². The predicted molar refractivity (Wildman–Crippen MR) is 150 cm³/mol. The lowest BCUT2D eigenvalue weighted by molar-refractivity contribution is 0.195. The van der Waals surface area contributed by atoms with Gasteiger partial charge in [0.25, 0.3) is 0 Å². The van der Waals surface area contributed by atoms with E-state index in [9.17, 15) is 0 Å². The first kappa shape index (κ1) is 24.5. The summed E-state index contributed by atoms with van der Waals surface area (Å²) in [5.41, 5.74) is 10.8. The lowest BCUT2D eigenvalue weighted by atomic mass is 9.74. The van der Waals surface area contributed by atoms with Gasteiger partial charge in [0.05, 0.1) is 0 Å². The molecule has 2 fully saturated rings. The maximum absolute atomic E-state index is 6.39. The van der Waals surface area contributed by atoms with Gasteiger partial charge in [-0.05, 0) is 91.2 Å². The second kappa shape index (κ2) is 9.36. The SMILES string of the molecule is C=C(Cl)C1=CN2C(=CC1=C)c1cc(CC)c(CCCCN3CCCC3=C)cc1C1CCC(C)(C)C12. The topological polar surface area (TPSA) is 6.48 Å². The molecule has 0 bridgehead atoms. The van der Waals surface area contributed by atoms with Gasteiger partial charge < -0.3 is 9.80 Å². The standard InChI is InChI=1S/C32H41ClN2/c1-7-24-18-28-27(19-25(24)12-8-9-15-34-16-10-11-22(34)3)26-13-14-32(5,6)31(26)35-20-29(23(4)33)21(2)17-30(28)35/h17-20,26,31H,2-4,7-16H2,1,5-6H3. The van der Waals surface area contributed by atoms with E-state index in [0.717, 1.165) is 24.1 Å². The largest absolute Gasteiger partial charge is 0.375 e. The molecule has 2 unspecified atom stereocenters. The number of hydrogen-bond acceptors (Lipinski definition) is 2. The summed E-state index contributed by atoms with van der Waals surface area (Å²) in [4.78, 5) is 5.01. The zero-order valence-corrected chi connectivity index (χ0v) is 22.7. The minimum atomic E-state index is 0.233. The fourth-order valence-corrected chi connectivity index (χ4v) is 7.22. The Bertz CT molecular complexity index is 1130. The monoisotopic (exact) mass is 488 g/mol. The van der Waals surface area contributed by atoms with Crippen molar-refractivity contribution in [3.63, 3.8) is 0 Å². The first-order valence-electron chi connectivity index (χ1n) is 13.6. The third-order valence-corrected chi connectivity index (χ3v) is 9.17. The summed E-state index contributed by atoms with van der Waals surface area (Å²) in [6.45, 7) is 22.1. The molecule has 3 heterocycles. The van der Waals surface area contributed by atoms with Crippen LogP contribution in [0.2, 0.25) is 0 Å². The quantitative estimate of drug-likeness (QED) is 0.356. The molecular formula is C32H41ClN2. The predicted octanol–water partition coefficient (Wildman–Crippen LogP) is 8.32. The zero-order valence-electron chi connectivity index (χ0n) is 21.9. The number of likely N-dealkylation sites (tertiary alicyclic amines) is 1. The minimum Gasteiger partial charge on any atom is -0.375 e. The van der Waals surface area contributed by atoms with Gasteiger partial charge in [-0.15, -0.1) is 0 Å². The molecule has 1 aromatic rings. The number of allylic oxidation sites excluding steroid dienone is 5. The second-order valence-electron chi connectivity index (χ2n) is 11.7. The molecule has 0 spiro atoms. The Hall–Kier alpha value is -2.19. The number of unbranched alkanes of at least 4 members (excludes halogenated alkanes) is 1. The molecule has 1 saturated carbocycles. The normalized spacial score (nSPS) is 24.7. The van der Waals surface area contributed by atoms with Crippen LogP contribution in [0, 0.1) is 5.41 Å². The van der Waals surface area contributed by atoms with Gasteiger partial charge >= 0.3 is 0 Å². The molecule has 3 heteroatoms. The third kappa shape index (κ3) is 4.33. The van der Waals surface area contributed by atoms with Crippen LogP contribution < -0.4 is 0 Å². The van der Waals surface area contributed by atoms with E-state index in [1.54, 1.807) is 11.1 Å². The Kier molecular flexibility index (Phi) is 6.55. The average Bonchev–Trinajstić information content (AvgIpc) is 3.37. The van der Waals surface area contributed by atoms with Crippen LogP contribution in [0.15, 0.2) is 66.0 Å². The summed E-state index contributed by atoms with van der Waals surface area (Å²) in [5.74, 6) is 0.544. The van der Waals surface area contributed by atoms with Crippen LogP contribution in [0.25, 0.3) is 5.70 Å². The average molecular weight is 489 g/mol. The molecule has 5 rings (SSSR count). The van der Waals surface area contributed by atoms with Crippen LogP contribution in [-0.4, -0.2) is 28.9 Å². The number of nitrogens with zero attached hydrogens (tertiary/aromatic N) is 2. The van der Waals surface area contributed by atoms with Crippen molar-refractivity contribution in [1.29, 1.82) is 0 Å². The molecule has 35 heavy (non-hydrogen) atoms. The number of hydrogen-bond donors (Lipinski definition) is 0. The molecule has 4 aliphatic rings. The van der Waals surface area contributed by atoms with Crippen molar-refractivity contribution in [2.24, 2.45) is 5.41 Å².